The van der Waals surface area contributed by atoms with Crippen molar-refractivity contribution in [2.45, 2.75) is 6.18 Å². The molecule has 0 aliphatic rings. The van der Waals surface area contributed by atoms with Crippen molar-refractivity contribution in [3.8, 4) is 0 Å². The first-order chi connectivity index (χ1) is 7.41. The number of rotatable bonds is 1. The monoisotopic (exact) mass is 246 g/mol. The minimum absolute atomic E-state index is 0.229. The number of hydrogen-bond donors (Lipinski definition) is 1. The zero-order valence-corrected chi connectivity index (χ0v) is 8.52. The van der Waals surface area contributed by atoms with Crippen molar-refractivity contribution >= 4 is 27.4 Å². The van der Waals surface area contributed by atoms with Crippen LogP contribution in [0.1, 0.15) is 15.9 Å². The SMILES string of the molecule is O=C(O)c1csc2cccc(C(F)(F)F)c12. The second-order valence-electron chi connectivity index (χ2n) is 3.13. The summed E-state index contributed by atoms with van der Waals surface area (Å²) in [6, 6.07) is 3.64. The number of fused-ring (bicyclic) bond motifs is 1. The van der Waals surface area contributed by atoms with E-state index in [4.69, 9.17) is 5.11 Å². The average molecular weight is 246 g/mol. The number of aromatic carboxylic acids is 1. The Morgan fingerprint density at radius 3 is 2.56 bits per heavy atom. The molecule has 0 bridgehead atoms. The summed E-state index contributed by atoms with van der Waals surface area (Å²) in [6.07, 6.45) is -4.54. The van der Waals surface area contributed by atoms with Crippen LogP contribution in [0.5, 0.6) is 0 Å². The Morgan fingerprint density at radius 1 is 1.31 bits per heavy atom. The number of carbonyl (C=O) groups is 1. The van der Waals surface area contributed by atoms with Gasteiger partial charge in [-0.25, -0.2) is 4.79 Å². The van der Waals surface area contributed by atoms with Gasteiger partial charge in [0.25, 0.3) is 0 Å². The molecule has 1 heterocycles. The van der Waals surface area contributed by atoms with Crippen molar-refractivity contribution in [1.29, 1.82) is 0 Å². The third-order valence-corrected chi connectivity index (χ3v) is 3.08. The molecule has 0 aliphatic carbocycles. The van der Waals surface area contributed by atoms with Gasteiger partial charge in [0.05, 0.1) is 11.1 Å². The van der Waals surface area contributed by atoms with Crippen molar-refractivity contribution in [2.75, 3.05) is 0 Å². The highest BCUT2D eigenvalue weighted by molar-refractivity contribution is 7.17. The standard InChI is InChI=1S/C10H5F3O2S/c11-10(12,13)6-2-1-3-7-8(6)5(4-16-7)9(14)15/h1-4H,(H,14,15). The summed E-state index contributed by atoms with van der Waals surface area (Å²) < 4.78 is 38.3. The van der Waals surface area contributed by atoms with Gasteiger partial charge in [0.2, 0.25) is 0 Å². The molecular weight excluding hydrogens is 241 g/mol. The van der Waals surface area contributed by atoms with E-state index in [-0.39, 0.29) is 10.9 Å². The second-order valence-corrected chi connectivity index (χ2v) is 4.04. The van der Waals surface area contributed by atoms with Gasteiger partial charge in [-0.3, -0.25) is 0 Å². The molecule has 1 N–H and O–H groups in total. The Labute approximate surface area is 91.9 Å². The van der Waals surface area contributed by atoms with Gasteiger partial charge in [-0.05, 0) is 12.1 Å². The molecule has 16 heavy (non-hydrogen) atoms. The van der Waals surface area contributed by atoms with E-state index in [9.17, 15) is 18.0 Å². The molecule has 0 atom stereocenters. The van der Waals surface area contributed by atoms with Crippen LogP contribution in [0.25, 0.3) is 10.1 Å². The number of alkyl halides is 3. The summed E-state index contributed by atoms with van der Waals surface area (Å²) in [5.41, 5.74) is -1.20. The predicted octanol–water partition coefficient (Wildman–Crippen LogP) is 3.62. The van der Waals surface area contributed by atoms with Gasteiger partial charge in [0.15, 0.2) is 0 Å². The van der Waals surface area contributed by atoms with Crippen LogP contribution in [0.3, 0.4) is 0 Å². The summed E-state index contributed by atoms with van der Waals surface area (Å²) in [5, 5.41) is 9.80. The van der Waals surface area contributed by atoms with Crippen molar-refractivity contribution in [3.05, 3.63) is 34.7 Å². The lowest BCUT2D eigenvalue weighted by molar-refractivity contribution is -0.136. The smallest absolute Gasteiger partial charge is 0.417 e. The number of benzene rings is 1. The molecular formula is C10H5F3O2S. The van der Waals surface area contributed by atoms with Gasteiger partial charge >= 0.3 is 12.1 Å². The maximum Gasteiger partial charge on any atom is 0.417 e. The fraction of sp³-hybridized carbons (Fsp3) is 0.100. The topological polar surface area (TPSA) is 37.3 Å². The van der Waals surface area contributed by atoms with Crippen LogP contribution in [0, 0.1) is 0 Å². The van der Waals surface area contributed by atoms with Crippen LogP contribution in [0.2, 0.25) is 0 Å². The average Bonchev–Trinajstić information content (AvgIpc) is 2.58. The Morgan fingerprint density at radius 2 is 2.00 bits per heavy atom. The van der Waals surface area contributed by atoms with E-state index in [0.29, 0.717) is 4.70 Å². The highest BCUT2D eigenvalue weighted by atomic mass is 32.1. The van der Waals surface area contributed by atoms with Crippen LogP contribution in [0.15, 0.2) is 23.6 Å². The minimum atomic E-state index is -4.54. The normalized spacial score (nSPS) is 11.9. The molecule has 84 valence electrons. The predicted molar refractivity (Wildman–Crippen MR) is 53.8 cm³/mol. The van der Waals surface area contributed by atoms with E-state index in [1.165, 1.54) is 17.5 Å². The third-order valence-electron chi connectivity index (χ3n) is 2.14. The summed E-state index contributed by atoms with van der Waals surface area (Å²) in [4.78, 5) is 10.8. The van der Waals surface area contributed by atoms with Crippen molar-refractivity contribution < 1.29 is 23.1 Å². The van der Waals surface area contributed by atoms with Crippen molar-refractivity contribution in [2.24, 2.45) is 0 Å². The highest BCUT2D eigenvalue weighted by Gasteiger charge is 2.34. The van der Waals surface area contributed by atoms with Crippen LogP contribution < -0.4 is 0 Å². The van der Waals surface area contributed by atoms with E-state index in [1.54, 1.807) is 0 Å². The van der Waals surface area contributed by atoms with E-state index in [2.05, 4.69) is 0 Å². The molecule has 2 aromatic rings. The molecule has 0 spiro atoms. The lowest BCUT2D eigenvalue weighted by Crippen LogP contribution is -2.07. The lowest BCUT2D eigenvalue weighted by atomic mass is 10.1. The van der Waals surface area contributed by atoms with Crippen LogP contribution >= 0.6 is 11.3 Å². The molecule has 6 heteroatoms. The summed E-state index contributed by atoms with van der Waals surface area (Å²) in [7, 11) is 0. The molecule has 2 rings (SSSR count). The van der Waals surface area contributed by atoms with E-state index in [0.717, 1.165) is 17.4 Å². The molecule has 0 unspecified atom stereocenters. The zero-order chi connectivity index (χ0) is 11.9. The number of hydrogen-bond acceptors (Lipinski definition) is 2. The molecule has 0 amide bonds. The molecule has 2 nitrogen and oxygen atoms in total. The Balaban J connectivity index is 2.84. The van der Waals surface area contributed by atoms with Crippen molar-refractivity contribution in [3.63, 3.8) is 0 Å². The van der Waals surface area contributed by atoms with Gasteiger partial charge < -0.3 is 5.11 Å². The summed E-state index contributed by atoms with van der Waals surface area (Å²) >= 11 is 0.992. The van der Waals surface area contributed by atoms with Crippen LogP contribution in [0.4, 0.5) is 13.2 Å². The number of carboxylic acids is 1. The maximum atomic E-state index is 12.7. The first-order valence-corrected chi connectivity index (χ1v) is 5.10. The molecule has 0 aliphatic heterocycles. The largest absolute Gasteiger partial charge is 0.478 e. The van der Waals surface area contributed by atoms with Gasteiger partial charge in [-0.1, -0.05) is 6.07 Å². The molecule has 0 saturated heterocycles. The fourth-order valence-electron chi connectivity index (χ4n) is 1.48. The number of thiophene rings is 1. The Kier molecular flexibility index (Phi) is 2.38. The van der Waals surface area contributed by atoms with Crippen molar-refractivity contribution in [1.82, 2.24) is 0 Å². The second kappa shape index (κ2) is 3.48. The Hall–Kier alpha value is -1.56. The van der Waals surface area contributed by atoms with E-state index < -0.39 is 17.7 Å². The van der Waals surface area contributed by atoms with Gasteiger partial charge in [-0.15, -0.1) is 11.3 Å². The lowest BCUT2D eigenvalue weighted by Gasteiger charge is -2.08. The first-order valence-electron chi connectivity index (χ1n) is 4.22. The highest BCUT2D eigenvalue weighted by Crippen LogP contribution is 2.38. The third kappa shape index (κ3) is 1.65. The molecule has 1 aromatic carbocycles. The van der Waals surface area contributed by atoms with Crippen LogP contribution in [-0.4, -0.2) is 11.1 Å². The summed E-state index contributed by atoms with van der Waals surface area (Å²) in [5.74, 6) is -1.34. The van der Waals surface area contributed by atoms with E-state index >= 15 is 0 Å². The fourth-order valence-corrected chi connectivity index (χ4v) is 2.44. The van der Waals surface area contributed by atoms with Gasteiger partial charge in [0.1, 0.15) is 0 Å². The minimum Gasteiger partial charge on any atom is -0.478 e. The van der Waals surface area contributed by atoms with Gasteiger partial charge in [-0.2, -0.15) is 13.2 Å². The number of carboxylic acid groups (broad SMARTS) is 1. The number of halogens is 3. The zero-order valence-electron chi connectivity index (χ0n) is 7.71. The molecule has 0 fully saturated rings. The Bertz CT molecular complexity index is 557. The van der Waals surface area contributed by atoms with E-state index in [1.807, 2.05) is 0 Å². The maximum absolute atomic E-state index is 12.7. The molecule has 0 radical (unpaired) electrons. The first kappa shape index (κ1) is 10.9. The van der Waals surface area contributed by atoms with Crippen LogP contribution in [-0.2, 0) is 6.18 Å². The van der Waals surface area contributed by atoms with Gasteiger partial charge in [0, 0.05) is 15.5 Å². The quantitative estimate of drug-likeness (QED) is 0.834. The molecule has 0 saturated carbocycles. The molecule has 1 aromatic heterocycles. The summed E-state index contributed by atoms with van der Waals surface area (Å²) in [6.45, 7) is 0.